The third kappa shape index (κ3) is 3.17. The zero-order chi connectivity index (χ0) is 11.5. The van der Waals surface area contributed by atoms with Crippen molar-refractivity contribution in [3.63, 3.8) is 0 Å². The number of hydrogen-bond donors (Lipinski definition) is 1. The number of aromatic nitrogens is 2. The Kier molecular flexibility index (Phi) is 3.39. The van der Waals surface area contributed by atoms with Crippen LogP contribution < -0.4 is 10.6 Å². The summed E-state index contributed by atoms with van der Waals surface area (Å²) in [7, 11) is 2.05. The summed E-state index contributed by atoms with van der Waals surface area (Å²) in [4.78, 5) is 10.9. The maximum atomic E-state index is 5.73. The molecule has 0 radical (unpaired) electrons. The summed E-state index contributed by atoms with van der Waals surface area (Å²) < 4.78 is 0. The zero-order valence-electron chi connectivity index (χ0n) is 10.1. The fourth-order valence-electron chi connectivity index (χ4n) is 1.79. The predicted octanol–water partition coefficient (Wildman–Crippen LogP) is 1.21. The highest BCUT2D eigenvalue weighted by molar-refractivity contribution is 5.29. The predicted molar refractivity (Wildman–Crippen MR) is 65.4 cm³/mol. The highest BCUT2D eigenvalue weighted by atomic mass is 15.2. The van der Waals surface area contributed by atoms with E-state index >= 15 is 0 Å². The quantitative estimate of drug-likeness (QED) is 0.810. The molecule has 2 N–H and O–H groups in total. The summed E-state index contributed by atoms with van der Waals surface area (Å²) in [5, 5.41) is 0. The van der Waals surface area contributed by atoms with Gasteiger partial charge in [-0.1, -0.05) is 0 Å². The summed E-state index contributed by atoms with van der Waals surface area (Å²) in [5.41, 5.74) is 6.84. The molecule has 0 bridgehead atoms. The van der Waals surface area contributed by atoms with Crippen LogP contribution in [0.4, 0.5) is 5.95 Å². The molecule has 0 saturated heterocycles. The second kappa shape index (κ2) is 4.78. The number of anilines is 1. The van der Waals surface area contributed by atoms with Gasteiger partial charge in [0.1, 0.15) is 0 Å². The molecule has 4 nitrogen and oxygen atoms in total. The monoisotopic (exact) mass is 220 g/mol. The summed E-state index contributed by atoms with van der Waals surface area (Å²) in [6, 6.07) is 0.165. The smallest absolute Gasteiger partial charge is 0.224 e. The fourth-order valence-corrected chi connectivity index (χ4v) is 1.79. The van der Waals surface area contributed by atoms with E-state index < -0.39 is 0 Å². The molecule has 1 heterocycles. The van der Waals surface area contributed by atoms with Crippen molar-refractivity contribution in [2.45, 2.75) is 32.2 Å². The lowest BCUT2D eigenvalue weighted by Crippen LogP contribution is -2.23. The van der Waals surface area contributed by atoms with Gasteiger partial charge in [-0.05, 0) is 37.7 Å². The molecule has 1 aliphatic rings. The third-order valence-electron chi connectivity index (χ3n) is 2.82. The summed E-state index contributed by atoms with van der Waals surface area (Å²) in [5.74, 6) is 1.68. The van der Waals surface area contributed by atoms with Gasteiger partial charge in [0.15, 0.2) is 0 Å². The first-order chi connectivity index (χ1) is 7.65. The van der Waals surface area contributed by atoms with E-state index in [-0.39, 0.29) is 6.04 Å². The minimum Gasteiger partial charge on any atom is -0.344 e. The minimum absolute atomic E-state index is 0.165. The minimum atomic E-state index is 0.165. The molecule has 1 unspecified atom stereocenters. The molecule has 1 aliphatic carbocycles. The van der Waals surface area contributed by atoms with Crippen LogP contribution in [0.25, 0.3) is 0 Å². The lowest BCUT2D eigenvalue weighted by atomic mass is 10.1. The Labute approximate surface area is 96.9 Å². The first kappa shape index (κ1) is 11.3. The van der Waals surface area contributed by atoms with Crippen LogP contribution in [0, 0.1) is 5.92 Å². The van der Waals surface area contributed by atoms with Crippen molar-refractivity contribution in [2.24, 2.45) is 11.7 Å². The van der Waals surface area contributed by atoms with Gasteiger partial charge in [-0.2, -0.15) is 0 Å². The van der Waals surface area contributed by atoms with E-state index in [9.17, 15) is 0 Å². The lowest BCUT2D eigenvalue weighted by Gasteiger charge is -2.16. The molecule has 4 heteroatoms. The summed E-state index contributed by atoms with van der Waals surface area (Å²) in [6.07, 6.45) is 7.32. The van der Waals surface area contributed by atoms with Crippen molar-refractivity contribution >= 4 is 5.95 Å². The van der Waals surface area contributed by atoms with Crippen LogP contribution in [0.15, 0.2) is 12.4 Å². The van der Waals surface area contributed by atoms with E-state index in [2.05, 4.69) is 21.9 Å². The molecule has 1 saturated carbocycles. The van der Waals surface area contributed by atoms with Gasteiger partial charge in [0.2, 0.25) is 5.95 Å². The van der Waals surface area contributed by atoms with Gasteiger partial charge in [-0.25, -0.2) is 9.97 Å². The van der Waals surface area contributed by atoms with Crippen LogP contribution in [0.2, 0.25) is 0 Å². The molecule has 16 heavy (non-hydrogen) atoms. The lowest BCUT2D eigenvalue weighted by molar-refractivity contribution is 0.726. The van der Waals surface area contributed by atoms with Crippen LogP contribution in [0.5, 0.6) is 0 Å². The normalized spacial score (nSPS) is 17.2. The number of nitrogens with zero attached hydrogens (tertiary/aromatic N) is 3. The average Bonchev–Trinajstić information content (AvgIpc) is 3.01. The topological polar surface area (TPSA) is 55.0 Å². The molecule has 2 rings (SSSR count). The second-order valence-electron chi connectivity index (χ2n) is 4.90. The summed E-state index contributed by atoms with van der Waals surface area (Å²) >= 11 is 0. The van der Waals surface area contributed by atoms with E-state index in [1.54, 1.807) is 0 Å². The largest absolute Gasteiger partial charge is 0.344 e. The Bertz CT molecular complexity index is 329. The SMILES string of the molecule is CC(N)Cc1cnc(N(C)CC2CC2)nc1. The molecule has 1 aromatic heterocycles. The Morgan fingerprint density at radius 2 is 2.06 bits per heavy atom. The van der Waals surface area contributed by atoms with Crippen LogP contribution in [-0.2, 0) is 6.42 Å². The molecule has 1 aromatic rings. The van der Waals surface area contributed by atoms with Crippen molar-refractivity contribution in [1.29, 1.82) is 0 Å². The van der Waals surface area contributed by atoms with Crippen molar-refractivity contribution < 1.29 is 0 Å². The Hall–Kier alpha value is -1.16. The van der Waals surface area contributed by atoms with E-state index in [0.29, 0.717) is 0 Å². The molecule has 0 amide bonds. The molecule has 0 aliphatic heterocycles. The number of nitrogens with two attached hydrogens (primary N) is 1. The summed E-state index contributed by atoms with van der Waals surface area (Å²) in [6.45, 7) is 3.07. The molecule has 0 aromatic carbocycles. The van der Waals surface area contributed by atoms with Gasteiger partial charge < -0.3 is 10.6 Å². The van der Waals surface area contributed by atoms with E-state index in [0.717, 1.165) is 30.4 Å². The molecule has 88 valence electrons. The average molecular weight is 220 g/mol. The molecular weight excluding hydrogens is 200 g/mol. The van der Waals surface area contributed by atoms with Crippen LogP contribution in [0.1, 0.15) is 25.3 Å². The van der Waals surface area contributed by atoms with Crippen molar-refractivity contribution in [1.82, 2.24) is 9.97 Å². The Morgan fingerprint density at radius 3 is 2.56 bits per heavy atom. The fraction of sp³-hybridized carbons (Fsp3) is 0.667. The molecular formula is C12H20N4. The van der Waals surface area contributed by atoms with Crippen molar-refractivity contribution in [3.8, 4) is 0 Å². The van der Waals surface area contributed by atoms with Gasteiger partial charge in [0.25, 0.3) is 0 Å². The van der Waals surface area contributed by atoms with Crippen LogP contribution in [0.3, 0.4) is 0 Å². The van der Waals surface area contributed by atoms with Gasteiger partial charge in [0, 0.05) is 32.0 Å². The van der Waals surface area contributed by atoms with Crippen LogP contribution in [-0.4, -0.2) is 29.6 Å². The van der Waals surface area contributed by atoms with Gasteiger partial charge in [-0.3, -0.25) is 0 Å². The number of hydrogen-bond acceptors (Lipinski definition) is 4. The number of rotatable bonds is 5. The highest BCUT2D eigenvalue weighted by Crippen LogP contribution is 2.29. The van der Waals surface area contributed by atoms with Crippen molar-refractivity contribution in [2.75, 3.05) is 18.5 Å². The Morgan fingerprint density at radius 1 is 1.44 bits per heavy atom. The molecule has 1 fully saturated rings. The zero-order valence-corrected chi connectivity index (χ0v) is 10.1. The van der Waals surface area contributed by atoms with Gasteiger partial charge in [-0.15, -0.1) is 0 Å². The van der Waals surface area contributed by atoms with Crippen LogP contribution >= 0.6 is 0 Å². The van der Waals surface area contributed by atoms with Crippen molar-refractivity contribution in [3.05, 3.63) is 18.0 Å². The van der Waals surface area contributed by atoms with Gasteiger partial charge in [0.05, 0.1) is 0 Å². The standard InChI is InChI=1S/C12H20N4/c1-9(13)5-11-6-14-12(15-7-11)16(2)8-10-3-4-10/h6-7,9-10H,3-5,8,13H2,1-2H3. The molecule has 0 spiro atoms. The maximum Gasteiger partial charge on any atom is 0.224 e. The second-order valence-corrected chi connectivity index (χ2v) is 4.90. The third-order valence-corrected chi connectivity index (χ3v) is 2.82. The molecule has 1 atom stereocenters. The highest BCUT2D eigenvalue weighted by Gasteiger charge is 2.23. The first-order valence-electron chi connectivity index (χ1n) is 5.93. The van der Waals surface area contributed by atoms with Gasteiger partial charge >= 0.3 is 0 Å². The first-order valence-corrected chi connectivity index (χ1v) is 5.93. The van der Waals surface area contributed by atoms with E-state index in [1.165, 1.54) is 12.8 Å². The van der Waals surface area contributed by atoms with E-state index in [4.69, 9.17) is 5.73 Å². The van der Waals surface area contributed by atoms with E-state index in [1.807, 2.05) is 19.3 Å². The maximum absolute atomic E-state index is 5.73. The Balaban J connectivity index is 1.94.